The molecule has 26 heavy (non-hydrogen) atoms. The van der Waals surface area contributed by atoms with Gasteiger partial charge >= 0.3 is 0 Å². The second-order valence-electron chi connectivity index (χ2n) is 6.63. The summed E-state index contributed by atoms with van der Waals surface area (Å²) >= 11 is 0. The Balaban J connectivity index is 1.54. The number of carbonyl (C=O) groups is 1. The van der Waals surface area contributed by atoms with E-state index in [4.69, 9.17) is 4.42 Å². The maximum absolute atomic E-state index is 13.4. The lowest BCUT2D eigenvalue weighted by Gasteiger charge is -2.09. The van der Waals surface area contributed by atoms with Crippen molar-refractivity contribution in [1.82, 2.24) is 9.88 Å². The summed E-state index contributed by atoms with van der Waals surface area (Å²) in [7, 11) is 0. The van der Waals surface area contributed by atoms with Gasteiger partial charge in [-0.2, -0.15) is 0 Å². The van der Waals surface area contributed by atoms with Crippen LogP contribution >= 0.6 is 0 Å². The number of rotatable bonds is 4. The van der Waals surface area contributed by atoms with Crippen molar-refractivity contribution >= 4 is 27.8 Å². The molecule has 0 bridgehead atoms. The number of fused-ring (bicyclic) bond motifs is 2. The predicted octanol–water partition coefficient (Wildman–Crippen LogP) is 4.28. The molecule has 0 saturated heterocycles. The number of carbonyl (C=O) groups excluding carboxylic acids is 1. The minimum absolute atomic E-state index is 0.0685. The van der Waals surface area contributed by atoms with E-state index in [1.807, 2.05) is 41.1 Å². The minimum Gasteiger partial charge on any atom is -0.459 e. The van der Waals surface area contributed by atoms with E-state index in [0.717, 1.165) is 22.7 Å². The maximum atomic E-state index is 13.4. The van der Waals surface area contributed by atoms with Crippen LogP contribution in [0.1, 0.15) is 22.5 Å². The number of para-hydroxylation sites is 1. The topological polar surface area (TPSA) is 47.2 Å². The van der Waals surface area contributed by atoms with Crippen molar-refractivity contribution in [3.8, 4) is 0 Å². The zero-order valence-corrected chi connectivity index (χ0v) is 13.9. The standard InChI is InChI=1S/C21H16FN2O2/c22-15-5-4-14-10-17(26-19(14)11-15)12-24-9-8-13-2-1-3-18(20(13)24)21(25)23-16-6-7-16/h1-6,8-11,16H,7,12H2,(H,23,25). The molecular weight excluding hydrogens is 331 g/mol. The molecule has 4 aromatic rings. The first-order valence-electron chi connectivity index (χ1n) is 8.57. The van der Waals surface area contributed by atoms with E-state index in [1.165, 1.54) is 12.1 Å². The van der Waals surface area contributed by atoms with Gasteiger partial charge in [-0.1, -0.05) is 12.1 Å². The lowest BCUT2D eigenvalue weighted by Crippen LogP contribution is -2.26. The zero-order chi connectivity index (χ0) is 17.7. The summed E-state index contributed by atoms with van der Waals surface area (Å²) in [6, 6.07) is 14.3. The van der Waals surface area contributed by atoms with Crippen molar-refractivity contribution in [3.05, 3.63) is 78.3 Å². The van der Waals surface area contributed by atoms with Gasteiger partial charge in [0.15, 0.2) is 0 Å². The number of amides is 1. The fourth-order valence-corrected chi connectivity index (χ4v) is 3.31. The van der Waals surface area contributed by atoms with E-state index >= 15 is 0 Å². The molecule has 5 rings (SSSR count). The molecule has 2 heterocycles. The Hall–Kier alpha value is -3.08. The summed E-state index contributed by atoms with van der Waals surface area (Å²) in [6.07, 6.45) is 4.93. The van der Waals surface area contributed by atoms with Crippen LogP contribution < -0.4 is 5.32 Å². The fraction of sp³-hybridized carbons (Fsp3) is 0.143. The molecule has 0 aliphatic heterocycles. The van der Waals surface area contributed by atoms with Gasteiger partial charge in [-0.3, -0.25) is 4.79 Å². The summed E-state index contributed by atoms with van der Waals surface area (Å²) in [5.41, 5.74) is 2.05. The first-order valence-corrected chi connectivity index (χ1v) is 8.57. The van der Waals surface area contributed by atoms with E-state index in [2.05, 4.69) is 11.7 Å². The van der Waals surface area contributed by atoms with Gasteiger partial charge in [0.1, 0.15) is 17.2 Å². The van der Waals surface area contributed by atoms with E-state index in [0.29, 0.717) is 23.5 Å². The molecule has 1 aliphatic carbocycles. The molecule has 4 nitrogen and oxygen atoms in total. The van der Waals surface area contributed by atoms with Gasteiger partial charge in [-0.25, -0.2) is 4.39 Å². The SMILES string of the molecule is O=C(NC1[CH]C1)c1cccc2ccn(Cc3cc4ccc(F)cc4o3)c12. The van der Waals surface area contributed by atoms with Crippen LogP contribution in [0.2, 0.25) is 0 Å². The van der Waals surface area contributed by atoms with Gasteiger partial charge in [-0.05, 0) is 43.2 Å². The lowest BCUT2D eigenvalue weighted by atomic mass is 10.1. The first kappa shape index (κ1) is 15.2. The normalized spacial score (nSPS) is 14.2. The molecule has 1 atom stereocenters. The van der Waals surface area contributed by atoms with Crippen LogP contribution in [0, 0.1) is 12.2 Å². The third kappa shape index (κ3) is 2.65. The van der Waals surface area contributed by atoms with Gasteiger partial charge in [0.05, 0.1) is 17.6 Å². The number of hydrogen-bond acceptors (Lipinski definition) is 2. The summed E-state index contributed by atoms with van der Waals surface area (Å²) in [5, 5.41) is 4.86. The molecule has 1 amide bonds. The highest BCUT2D eigenvalue weighted by Gasteiger charge is 2.25. The number of halogens is 1. The second kappa shape index (κ2) is 5.73. The van der Waals surface area contributed by atoms with Crippen LogP contribution in [0.3, 0.4) is 0 Å². The van der Waals surface area contributed by atoms with Crippen LogP contribution in [-0.2, 0) is 6.54 Å². The molecule has 1 radical (unpaired) electrons. The van der Waals surface area contributed by atoms with Crippen LogP contribution in [0.25, 0.3) is 21.9 Å². The Labute approximate surface area is 149 Å². The maximum Gasteiger partial charge on any atom is 0.253 e. The molecule has 5 heteroatoms. The highest BCUT2D eigenvalue weighted by molar-refractivity contribution is 6.06. The number of nitrogens with zero attached hydrogens (tertiary/aromatic N) is 1. The third-order valence-electron chi connectivity index (χ3n) is 4.68. The van der Waals surface area contributed by atoms with Crippen molar-refractivity contribution in [3.63, 3.8) is 0 Å². The van der Waals surface area contributed by atoms with Crippen molar-refractivity contribution in [2.24, 2.45) is 0 Å². The summed E-state index contributed by atoms with van der Waals surface area (Å²) in [6.45, 7) is 0.472. The number of furan rings is 1. The largest absolute Gasteiger partial charge is 0.459 e. The van der Waals surface area contributed by atoms with Crippen LogP contribution in [-0.4, -0.2) is 16.5 Å². The molecule has 1 aliphatic rings. The smallest absolute Gasteiger partial charge is 0.253 e. The quantitative estimate of drug-likeness (QED) is 0.599. The Morgan fingerprint density at radius 3 is 2.92 bits per heavy atom. The molecule has 129 valence electrons. The average molecular weight is 347 g/mol. The molecule has 1 saturated carbocycles. The fourth-order valence-electron chi connectivity index (χ4n) is 3.31. The molecule has 1 unspecified atom stereocenters. The summed E-state index contributed by atoms with van der Waals surface area (Å²) in [4.78, 5) is 12.6. The highest BCUT2D eigenvalue weighted by atomic mass is 19.1. The Kier molecular flexibility index (Phi) is 3.35. The number of aromatic nitrogens is 1. The van der Waals surface area contributed by atoms with Gasteiger partial charge in [0.2, 0.25) is 0 Å². The lowest BCUT2D eigenvalue weighted by molar-refractivity contribution is 0.0953. The predicted molar refractivity (Wildman–Crippen MR) is 97.4 cm³/mol. The van der Waals surface area contributed by atoms with Gasteiger partial charge < -0.3 is 14.3 Å². The summed E-state index contributed by atoms with van der Waals surface area (Å²) in [5.74, 6) is 0.329. The monoisotopic (exact) mass is 347 g/mol. The van der Waals surface area contributed by atoms with E-state index < -0.39 is 0 Å². The highest BCUT2D eigenvalue weighted by Crippen LogP contribution is 2.26. The zero-order valence-electron chi connectivity index (χ0n) is 13.9. The molecule has 1 N–H and O–H groups in total. The van der Waals surface area contributed by atoms with Crippen LogP contribution in [0.5, 0.6) is 0 Å². The van der Waals surface area contributed by atoms with Gasteiger partial charge in [-0.15, -0.1) is 0 Å². The Morgan fingerprint density at radius 2 is 2.08 bits per heavy atom. The Morgan fingerprint density at radius 1 is 1.19 bits per heavy atom. The molecule has 2 aromatic carbocycles. The van der Waals surface area contributed by atoms with Gasteiger partial charge in [0, 0.05) is 29.1 Å². The second-order valence-corrected chi connectivity index (χ2v) is 6.63. The molecule has 0 spiro atoms. The number of hydrogen-bond donors (Lipinski definition) is 1. The van der Waals surface area contributed by atoms with E-state index in [1.54, 1.807) is 6.07 Å². The minimum atomic E-state index is -0.319. The molecular formula is C21H16FN2O2. The van der Waals surface area contributed by atoms with Crippen molar-refractivity contribution in [2.75, 3.05) is 0 Å². The van der Waals surface area contributed by atoms with Crippen LogP contribution in [0.4, 0.5) is 4.39 Å². The van der Waals surface area contributed by atoms with Crippen molar-refractivity contribution in [1.29, 1.82) is 0 Å². The van der Waals surface area contributed by atoms with Crippen molar-refractivity contribution < 1.29 is 13.6 Å². The third-order valence-corrected chi connectivity index (χ3v) is 4.68. The van der Waals surface area contributed by atoms with E-state index in [9.17, 15) is 9.18 Å². The first-order chi connectivity index (χ1) is 12.7. The number of nitrogens with one attached hydrogen (secondary N) is 1. The van der Waals surface area contributed by atoms with Crippen LogP contribution in [0.15, 0.2) is 59.1 Å². The Bertz CT molecular complexity index is 1140. The number of benzene rings is 2. The summed E-state index contributed by atoms with van der Waals surface area (Å²) < 4.78 is 21.1. The molecule has 1 fully saturated rings. The van der Waals surface area contributed by atoms with E-state index in [-0.39, 0.29) is 17.8 Å². The van der Waals surface area contributed by atoms with Crippen molar-refractivity contribution in [2.45, 2.75) is 19.0 Å². The average Bonchev–Trinajstić information content (AvgIpc) is 3.21. The molecule has 2 aromatic heterocycles. The van der Waals surface area contributed by atoms with Gasteiger partial charge in [0.25, 0.3) is 5.91 Å².